The summed E-state index contributed by atoms with van der Waals surface area (Å²) in [4.78, 5) is 18.9. The second kappa shape index (κ2) is 9.79. The van der Waals surface area contributed by atoms with Crippen molar-refractivity contribution in [1.82, 2.24) is 9.88 Å². The largest absolute Gasteiger partial charge is 0.573 e. The fourth-order valence-corrected chi connectivity index (χ4v) is 4.87. The van der Waals surface area contributed by atoms with Gasteiger partial charge in [-0.25, -0.2) is 9.78 Å². The van der Waals surface area contributed by atoms with Gasteiger partial charge in [0.25, 0.3) is 0 Å². The van der Waals surface area contributed by atoms with Crippen molar-refractivity contribution in [2.45, 2.75) is 25.1 Å². The minimum absolute atomic E-state index is 0.0341. The molecule has 0 bridgehead atoms. The van der Waals surface area contributed by atoms with Crippen LogP contribution in [0.4, 0.5) is 23.7 Å². The minimum atomic E-state index is -4.84. The van der Waals surface area contributed by atoms with Crippen LogP contribution < -0.4 is 10.1 Å². The lowest BCUT2D eigenvalue weighted by Crippen LogP contribution is -2.40. The zero-order chi connectivity index (χ0) is 23.6. The predicted molar refractivity (Wildman–Crippen MR) is 123 cm³/mol. The van der Waals surface area contributed by atoms with Gasteiger partial charge in [0, 0.05) is 30.0 Å². The van der Waals surface area contributed by atoms with Gasteiger partial charge in [0.1, 0.15) is 0 Å². The average molecular weight is 516 g/mol. The number of ether oxygens (including phenoxy) is 1. The molecule has 1 saturated heterocycles. The molecule has 33 heavy (non-hydrogen) atoms. The maximum atomic E-state index is 12.6. The highest BCUT2D eigenvalue weighted by molar-refractivity contribution is 7.10. The second-order valence-electron chi connectivity index (χ2n) is 7.44. The number of piperidine rings is 1. The van der Waals surface area contributed by atoms with E-state index in [2.05, 4.69) is 10.1 Å². The van der Waals surface area contributed by atoms with Gasteiger partial charge in [-0.15, -0.1) is 24.5 Å². The van der Waals surface area contributed by atoms with E-state index in [4.69, 9.17) is 28.2 Å². The first-order valence-electron chi connectivity index (χ1n) is 10.0. The Morgan fingerprint density at radius 3 is 2.55 bits per heavy atom. The number of nitrogens with one attached hydrogen (secondary N) is 1. The minimum Gasteiger partial charge on any atom is -0.404 e. The van der Waals surface area contributed by atoms with E-state index in [9.17, 15) is 18.0 Å². The van der Waals surface area contributed by atoms with Crippen molar-refractivity contribution in [2.75, 3.05) is 18.4 Å². The summed E-state index contributed by atoms with van der Waals surface area (Å²) in [6.45, 7) is 0.918. The number of nitrogens with zero attached hydrogens (tertiary/aromatic N) is 2. The highest BCUT2D eigenvalue weighted by Gasteiger charge is 2.33. The molecule has 1 aliphatic heterocycles. The van der Waals surface area contributed by atoms with Crippen molar-refractivity contribution in [1.29, 1.82) is 0 Å². The molecule has 3 aromatic rings. The van der Waals surface area contributed by atoms with Crippen LogP contribution in [0.2, 0.25) is 10.0 Å². The van der Waals surface area contributed by atoms with E-state index < -0.39 is 18.1 Å². The Kier molecular flexibility index (Phi) is 7.02. The molecule has 1 aliphatic rings. The van der Waals surface area contributed by atoms with Crippen LogP contribution in [0.3, 0.4) is 0 Å². The highest BCUT2D eigenvalue weighted by atomic mass is 35.5. The Labute approximate surface area is 202 Å². The first-order valence-corrected chi connectivity index (χ1v) is 11.6. The maximum absolute atomic E-state index is 12.6. The van der Waals surface area contributed by atoms with Crippen LogP contribution in [0, 0.1) is 0 Å². The summed E-state index contributed by atoms with van der Waals surface area (Å²) < 4.78 is 41.8. The third-order valence-corrected chi connectivity index (χ3v) is 6.97. The van der Waals surface area contributed by atoms with Gasteiger partial charge in [0.15, 0.2) is 5.75 Å². The molecular formula is C22H18Cl2F3N3O2S. The Morgan fingerprint density at radius 1 is 1.12 bits per heavy atom. The Morgan fingerprint density at radius 2 is 1.85 bits per heavy atom. The molecule has 0 saturated carbocycles. The van der Waals surface area contributed by atoms with E-state index >= 15 is 0 Å². The van der Waals surface area contributed by atoms with E-state index in [1.165, 1.54) is 18.2 Å². The van der Waals surface area contributed by atoms with Gasteiger partial charge in [0.05, 0.1) is 26.4 Å². The van der Waals surface area contributed by atoms with E-state index in [0.717, 1.165) is 22.3 Å². The smallest absolute Gasteiger partial charge is 0.404 e. The molecule has 4 rings (SSSR count). The maximum Gasteiger partial charge on any atom is 0.573 e. The van der Waals surface area contributed by atoms with Crippen molar-refractivity contribution >= 4 is 46.3 Å². The van der Waals surface area contributed by atoms with Crippen molar-refractivity contribution in [3.8, 4) is 17.0 Å². The number of aromatic nitrogens is 1. The van der Waals surface area contributed by atoms with E-state index in [0.29, 0.717) is 36.0 Å². The van der Waals surface area contributed by atoms with Crippen LogP contribution in [-0.4, -0.2) is 35.4 Å². The monoisotopic (exact) mass is 515 g/mol. The lowest BCUT2D eigenvalue weighted by Gasteiger charge is -2.31. The Hall–Kier alpha value is -2.49. The number of carbonyl (C=O) groups excluding carboxylic acids is 1. The molecule has 2 aromatic carbocycles. The van der Waals surface area contributed by atoms with Gasteiger partial charge >= 0.3 is 12.4 Å². The number of carbonyl (C=O) groups is 1. The topological polar surface area (TPSA) is 54.5 Å². The van der Waals surface area contributed by atoms with E-state index in [1.807, 2.05) is 11.4 Å². The molecule has 0 aliphatic carbocycles. The number of hydrogen-bond acceptors (Lipinski definition) is 4. The number of benzene rings is 2. The van der Waals surface area contributed by atoms with Gasteiger partial charge in [-0.05, 0) is 37.1 Å². The molecule has 2 heterocycles. The summed E-state index contributed by atoms with van der Waals surface area (Å²) in [5, 5.41) is 6.40. The number of alkyl halides is 3. The zero-order valence-electron chi connectivity index (χ0n) is 17.0. The molecule has 1 N–H and O–H groups in total. The summed E-state index contributed by atoms with van der Waals surface area (Å²) in [6, 6.07) is 10.3. The first kappa shape index (κ1) is 23.7. The average Bonchev–Trinajstić information content (AvgIpc) is 3.26. The van der Waals surface area contributed by atoms with Gasteiger partial charge < -0.3 is 15.0 Å². The number of likely N-dealkylation sites (tertiary alicyclic amines) is 1. The molecule has 2 amide bonds. The Balaban J connectivity index is 1.36. The molecule has 1 fully saturated rings. The molecule has 1 aromatic heterocycles. The number of urea groups is 1. The lowest BCUT2D eigenvalue weighted by atomic mass is 9.98. The second-order valence-corrected chi connectivity index (χ2v) is 9.14. The van der Waals surface area contributed by atoms with E-state index in [1.54, 1.807) is 28.4 Å². The highest BCUT2D eigenvalue weighted by Crippen LogP contribution is 2.35. The molecular weight excluding hydrogens is 498 g/mol. The molecule has 11 heteroatoms. The van der Waals surface area contributed by atoms with Crippen LogP contribution in [0.5, 0.6) is 5.75 Å². The molecule has 174 valence electrons. The number of halogens is 5. The fraction of sp³-hybridized carbons (Fsp3) is 0.273. The van der Waals surface area contributed by atoms with Crippen molar-refractivity contribution in [3.63, 3.8) is 0 Å². The molecule has 5 nitrogen and oxygen atoms in total. The predicted octanol–water partition coefficient (Wildman–Crippen LogP) is 7.43. The summed E-state index contributed by atoms with van der Waals surface area (Å²) in [5.41, 5.74) is 1.66. The normalized spacial score (nSPS) is 14.9. The molecule has 0 atom stereocenters. The van der Waals surface area contributed by atoms with Crippen LogP contribution in [0.15, 0.2) is 47.8 Å². The number of rotatable bonds is 4. The standard InChI is InChI=1S/C22H18Cl2F3N3O2S/c23-15-6-5-14(11-16(15)24)18-12-33-20(28-18)13-7-9-30(10-8-13)21(31)29-17-3-1-2-4-19(17)32-22(25,26)27/h1-6,11-13H,7-10H2,(H,29,31). The summed E-state index contributed by atoms with van der Waals surface area (Å²) in [6.07, 6.45) is -3.45. The number of anilines is 1. The quantitative estimate of drug-likeness (QED) is 0.393. The first-order chi connectivity index (χ1) is 15.7. The Bertz CT molecular complexity index is 1150. The number of amides is 2. The third kappa shape index (κ3) is 5.90. The number of hydrogen-bond donors (Lipinski definition) is 1. The van der Waals surface area contributed by atoms with Gasteiger partial charge in [-0.2, -0.15) is 0 Å². The third-order valence-electron chi connectivity index (χ3n) is 5.22. The van der Waals surface area contributed by atoms with Crippen LogP contribution in [0.1, 0.15) is 23.8 Å². The molecule has 0 spiro atoms. The number of thiazole rings is 1. The van der Waals surface area contributed by atoms with Crippen LogP contribution >= 0.6 is 34.5 Å². The van der Waals surface area contributed by atoms with Crippen molar-refractivity contribution in [2.24, 2.45) is 0 Å². The van der Waals surface area contributed by atoms with Crippen LogP contribution in [-0.2, 0) is 0 Å². The van der Waals surface area contributed by atoms with Crippen LogP contribution in [0.25, 0.3) is 11.3 Å². The zero-order valence-corrected chi connectivity index (χ0v) is 19.4. The number of para-hydroxylation sites is 2. The summed E-state index contributed by atoms with van der Waals surface area (Å²) in [5.74, 6) is -0.262. The van der Waals surface area contributed by atoms with Crippen molar-refractivity contribution in [3.05, 3.63) is 62.9 Å². The van der Waals surface area contributed by atoms with Gasteiger partial charge in [0.2, 0.25) is 0 Å². The van der Waals surface area contributed by atoms with E-state index in [-0.39, 0.29) is 11.6 Å². The summed E-state index contributed by atoms with van der Waals surface area (Å²) in [7, 11) is 0. The van der Waals surface area contributed by atoms with Crippen molar-refractivity contribution < 1.29 is 22.7 Å². The fourth-order valence-electron chi connectivity index (χ4n) is 3.57. The lowest BCUT2D eigenvalue weighted by molar-refractivity contribution is -0.274. The van der Waals surface area contributed by atoms with Gasteiger partial charge in [-0.1, -0.05) is 41.4 Å². The molecule has 0 radical (unpaired) electrons. The van der Waals surface area contributed by atoms with Gasteiger partial charge in [-0.3, -0.25) is 0 Å². The molecule has 0 unspecified atom stereocenters. The SMILES string of the molecule is O=C(Nc1ccccc1OC(F)(F)F)N1CCC(c2nc(-c3ccc(Cl)c(Cl)c3)cs2)CC1. The summed E-state index contributed by atoms with van der Waals surface area (Å²) >= 11 is 13.6.